The zero-order chi connectivity index (χ0) is 25.1. The lowest BCUT2D eigenvalue weighted by Gasteiger charge is -2.10. The van der Waals surface area contributed by atoms with Crippen LogP contribution in [0.3, 0.4) is 0 Å². The van der Waals surface area contributed by atoms with Gasteiger partial charge in [-0.1, -0.05) is 60.3 Å². The standard InChI is InChI=1S/C25H18FN5O2S3/c1-2-12-31-23(33)20-18(15-8-10-17(26)11-9-15)13-34-22(20)29-25(31)35-14-19(32)27-24-28-21(30-36-24)16-6-4-3-5-7-16/h2-11,13H,1,12,14H2,(H,27,28,30,32). The van der Waals surface area contributed by atoms with Gasteiger partial charge in [0.15, 0.2) is 11.0 Å². The number of rotatable bonds is 8. The minimum absolute atomic E-state index is 0.0333. The molecule has 36 heavy (non-hydrogen) atoms. The van der Waals surface area contributed by atoms with Crippen molar-refractivity contribution in [3.63, 3.8) is 0 Å². The Bertz CT molecular complexity index is 1610. The Morgan fingerprint density at radius 2 is 1.89 bits per heavy atom. The molecule has 0 spiro atoms. The van der Waals surface area contributed by atoms with Crippen LogP contribution in [0.15, 0.2) is 82.6 Å². The maximum atomic E-state index is 13.4. The maximum Gasteiger partial charge on any atom is 0.263 e. The zero-order valence-electron chi connectivity index (χ0n) is 18.7. The van der Waals surface area contributed by atoms with Gasteiger partial charge in [-0.2, -0.15) is 9.36 Å². The lowest BCUT2D eigenvalue weighted by molar-refractivity contribution is -0.113. The second-order valence-corrected chi connectivity index (χ2v) is 10.1. The molecule has 3 aromatic heterocycles. The number of hydrogen-bond acceptors (Lipinski definition) is 8. The molecule has 7 nitrogen and oxygen atoms in total. The van der Waals surface area contributed by atoms with Crippen molar-refractivity contribution in [3.05, 3.63) is 88.8 Å². The number of thiophene rings is 1. The lowest BCUT2D eigenvalue weighted by atomic mass is 10.1. The Labute approximate surface area is 217 Å². The molecule has 2 aromatic carbocycles. The predicted octanol–water partition coefficient (Wildman–Crippen LogP) is 5.70. The predicted molar refractivity (Wildman–Crippen MR) is 144 cm³/mol. The average Bonchev–Trinajstić information content (AvgIpc) is 3.53. The maximum absolute atomic E-state index is 13.4. The fourth-order valence-corrected chi connectivity index (χ4v) is 5.91. The summed E-state index contributed by atoms with van der Waals surface area (Å²) in [5.41, 5.74) is 2.06. The quantitative estimate of drug-likeness (QED) is 0.156. The van der Waals surface area contributed by atoms with Crippen LogP contribution in [-0.2, 0) is 11.3 Å². The van der Waals surface area contributed by atoms with E-state index in [4.69, 9.17) is 0 Å². The van der Waals surface area contributed by atoms with Crippen LogP contribution in [0, 0.1) is 5.82 Å². The van der Waals surface area contributed by atoms with Crippen molar-refractivity contribution in [2.24, 2.45) is 0 Å². The molecule has 0 atom stereocenters. The number of thioether (sulfide) groups is 1. The van der Waals surface area contributed by atoms with Crippen LogP contribution in [0.2, 0.25) is 0 Å². The van der Waals surface area contributed by atoms with Gasteiger partial charge in [0.1, 0.15) is 10.6 Å². The number of nitrogens with one attached hydrogen (secondary N) is 1. The largest absolute Gasteiger partial charge is 0.300 e. The minimum Gasteiger partial charge on any atom is -0.300 e. The molecule has 0 fully saturated rings. The second-order valence-electron chi connectivity index (χ2n) is 7.56. The first-order chi connectivity index (χ1) is 17.5. The number of amides is 1. The Balaban J connectivity index is 1.36. The number of halogens is 1. The highest BCUT2D eigenvalue weighted by molar-refractivity contribution is 7.99. The highest BCUT2D eigenvalue weighted by Gasteiger charge is 2.18. The Hall–Kier alpha value is -3.67. The number of carbonyl (C=O) groups excluding carboxylic acids is 1. The number of carbonyl (C=O) groups is 1. The molecule has 1 amide bonds. The molecule has 0 radical (unpaired) electrons. The summed E-state index contributed by atoms with van der Waals surface area (Å²) in [4.78, 5) is 35.6. The summed E-state index contributed by atoms with van der Waals surface area (Å²) >= 11 is 3.59. The van der Waals surface area contributed by atoms with E-state index in [0.29, 0.717) is 31.9 Å². The third-order valence-corrected chi connectivity index (χ3v) is 7.64. The van der Waals surface area contributed by atoms with Crippen molar-refractivity contribution in [2.45, 2.75) is 11.7 Å². The van der Waals surface area contributed by atoms with Crippen molar-refractivity contribution < 1.29 is 9.18 Å². The first-order valence-electron chi connectivity index (χ1n) is 10.7. The molecule has 3 heterocycles. The van der Waals surface area contributed by atoms with E-state index in [1.807, 2.05) is 35.7 Å². The SMILES string of the molecule is C=CCn1c(SCC(=O)Nc2nc(-c3ccccc3)ns2)nc2scc(-c3ccc(F)cc3)c2c1=O. The molecule has 0 aliphatic heterocycles. The number of benzene rings is 2. The Morgan fingerprint density at radius 1 is 1.11 bits per heavy atom. The summed E-state index contributed by atoms with van der Waals surface area (Å²) in [5.74, 6) is -0.0493. The van der Waals surface area contributed by atoms with Crippen molar-refractivity contribution in [2.75, 3.05) is 11.1 Å². The number of aromatic nitrogens is 4. The first kappa shape index (κ1) is 24.0. The van der Waals surface area contributed by atoms with Gasteiger partial charge in [0, 0.05) is 34.6 Å². The van der Waals surface area contributed by atoms with Crippen LogP contribution >= 0.6 is 34.6 Å². The van der Waals surface area contributed by atoms with Gasteiger partial charge < -0.3 is 0 Å². The summed E-state index contributed by atoms with van der Waals surface area (Å²) in [6, 6.07) is 15.5. The number of hydrogen-bond donors (Lipinski definition) is 1. The van der Waals surface area contributed by atoms with E-state index >= 15 is 0 Å². The van der Waals surface area contributed by atoms with Crippen LogP contribution < -0.4 is 10.9 Å². The molecule has 0 aliphatic rings. The highest BCUT2D eigenvalue weighted by atomic mass is 32.2. The summed E-state index contributed by atoms with van der Waals surface area (Å²) in [6.45, 7) is 3.98. The molecular formula is C25H18FN5O2S3. The molecular weight excluding hydrogens is 518 g/mol. The highest BCUT2D eigenvalue weighted by Crippen LogP contribution is 2.32. The zero-order valence-corrected chi connectivity index (χ0v) is 21.1. The van der Waals surface area contributed by atoms with Gasteiger partial charge in [0.25, 0.3) is 5.56 Å². The Kier molecular flexibility index (Phi) is 7.03. The van der Waals surface area contributed by atoms with Crippen molar-refractivity contribution in [1.29, 1.82) is 0 Å². The molecule has 5 rings (SSSR count). The summed E-state index contributed by atoms with van der Waals surface area (Å²) < 4.78 is 19.2. The van der Waals surface area contributed by atoms with Crippen LogP contribution in [0.4, 0.5) is 9.52 Å². The van der Waals surface area contributed by atoms with Crippen molar-refractivity contribution in [1.82, 2.24) is 18.9 Å². The molecule has 0 bridgehead atoms. The van der Waals surface area contributed by atoms with E-state index in [9.17, 15) is 14.0 Å². The van der Waals surface area contributed by atoms with Crippen LogP contribution in [0.5, 0.6) is 0 Å². The van der Waals surface area contributed by atoms with Gasteiger partial charge in [-0.05, 0) is 17.7 Å². The molecule has 11 heteroatoms. The molecule has 1 N–H and O–H groups in total. The van der Waals surface area contributed by atoms with Crippen LogP contribution in [0.25, 0.3) is 32.7 Å². The van der Waals surface area contributed by atoms with Gasteiger partial charge in [-0.15, -0.1) is 17.9 Å². The molecule has 180 valence electrons. The lowest BCUT2D eigenvalue weighted by Crippen LogP contribution is -2.23. The first-order valence-corrected chi connectivity index (χ1v) is 13.4. The fraction of sp³-hybridized carbons (Fsp3) is 0.0800. The van der Waals surface area contributed by atoms with E-state index in [1.165, 1.54) is 28.0 Å². The average molecular weight is 536 g/mol. The number of fused-ring (bicyclic) bond motifs is 1. The third kappa shape index (κ3) is 4.99. The Morgan fingerprint density at radius 3 is 2.64 bits per heavy atom. The van der Waals surface area contributed by atoms with E-state index < -0.39 is 0 Å². The monoisotopic (exact) mass is 535 g/mol. The van der Waals surface area contributed by atoms with E-state index in [2.05, 4.69) is 26.2 Å². The van der Waals surface area contributed by atoms with Crippen LogP contribution in [0.1, 0.15) is 0 Å². The van der Waals surface area contributed by atoms with Gasteiger partial charge >= 0.3 is 0 Å². The molecule has 0 aliphatic carbocycles. The second kappa shape index (κ2) is 10.5. The van der Waals surface area contributed by atoms with E-state index in [-0.39, 0.29) is 29.6 Å². The summed E-state index contributed by atoms with van der Waals surface area (Å²) in [6.07, 6.45) is 1.61. The third-order valence-electron chi connectivity index (χ3n) is 5.16. The van der Waals surface area contributed by atoms with E-state index in [0.717, 1.165) is 34.4 Å². The number of allylic oxidation sites excluding steroid dienone is 1. The minimum atomic E-state index is -0.345. The van der Waals surface area contributed by atoms with Crippen molar-refractivity contribution in [3.8, 4) is 22.5 Å². The molecule has 0 saturated carbocycles. The van der Waals surface area contributed by atoms with Crippen molar-refractivity contribution >= 4 is 55.9 Å². The van der Waals surface area contributed by atoms with Gasteiger partial charge in [-0.3, -0.25) is 19.5 Å². The molecule has 0 unspecified atom stereocenters. The smallest absolute Gasteiger partial charge is 0.263 e. The van der Waals surface area contributed by atoms with Gasteiger partial charge in [0.2, 0.25) is 11.0 Å². The summed E-state index contributed by atoms with van der Waals surface area (Å²) in [7, 11) is 0. The topological polar surface area (TPSA) is 89.8 Å². The van der Waals surface area contributed by atoms with E-state index in [1.54, 1.807) is 18.2 Å². The van der Waals surface area contributed by atoms with Gasteiger partial charge in [-0.25, -0.2) is 9.37 Å². The number of anilines is 1. The van der Waals surface area contributed by atoms with Crippen LogP contribution in [-0.4, -0.2) is 30.6 Å². The summed E-state index contributed by atoms with van der Waals surface area (Å²) in [5, 5.41) is 5.87. The number of nitrogens with zero attached hydrogens (tertiary/aromatic N) is 4. The molecule has 5 aromatic rings. The normalized spacial score (nSPS) is 11.0. The fourth-order valence-electron chi connectivity index (χ4n) is 3.51. The molecule has 0 saturated heterocycles. The van der Waals surface area contributed by atoms with Gasteiger partial charge in [0.05, 0.1) is 11.1 Å².